The van der Waals surface area contributed by atoms with Crippen molar-refractivity contribution in [2.75, 3.05) is 19.8 Å². The first-order valence-electron chi connectivity index (χ1n) is 25.1. The molecule has 0 fully saturated rings. The molecule has 0 aromatic heterocycles. The molecular formula is C57H92O5. The maximum absolute atomic E-state index is 12.8. The molecule has 350 valence electrons. The second kappa shape index (κ2) is 51.6. The van der Waals surface area contributed by atoms with Crippen molar-refractivity contribution in [2.24, 2.45) is 0 Å². The Morgan fingerprint density at radius 3 is 1.23 bits per heavy atom. The topological polar surface area (TPSA) is 61.8 Å². The Bertz CT molecular complexity index is 1290. The van der Waals surface area contributed by atoms with Crippen molar-refractivity contribution in [3.63, 3.8) is 0 Å². The molecule has 0 aliphatic heterocycles. The van der Waals surface area contributed by atoms with Gasteiger partial charge in [0.25, 0.3) is 0 Å². The van der Waals surface area contributed by atoms with Crippen LogP contribution in [0.2, 0.25) is 0 Å². The summed E-state index contributed by atoms with van der Waals surface area (Å²) in [5.74, 6) is -0.502. The van der Waals surface area contributed by atoms with E-state index in [0.29, 0.717) is 19.4 Å². The first-order valence-corrected chi connectivity index (χ1v) is 25.1. The molecule has 5 heteroatoms. The van der Waals surface area contributed by atoms with Gasteiger partial charge in [-0.2, -0.15) is 0 Å². The lowest BCUT2D eigenvalue weighted by Crippen LogP contribution is -2.30. The van der Waals surface area contributed by atoms with Gasteiger partial charge in [-0.25, -0.2) is 0 Å². The van der Waals surface area contributed by atoms with Crippen LogP contribution < -0.4 is 0 Å². The Labute approximate surface area is 382 Å². The van der Waals surface area contributed by atoms with Crippen LogP contribution in [0.3, 0.4) is 0 Å². The molecule has 62 heavy (non-hydrogen) atoms. The van der Waals surface area contributed by atoms with Crippen LogP contribution in [0.25, 0.3) is 0 Å². The van der Waals surface area contributed by atoms with Crippen LogP contribution in [0.5, 0.6) is 0 Å². The van der Waals surface area contributed by atoms with E-state index in [1.54, 1.807) is 0 Å². The van der Waals surface area contributed by atoms with Crippen LogP contribution in [0, 0.1) is 0 Å². The molecule has 0 bridgehead atoms. The lowest BCUT2D eigenvalue weighted by Gasteiger charge is -2.18. The molecule has 0 aromatic rings. The molecule has 1 unspecified atom stereocenters. The number of esters is 2. The lowest BCUT2D eigenvalue weighted by molar-refractivity contribution is -0.163. The average molecular weight is 857 g/mol. The molecule has 0 spiro atoms. The van der Waals surface area contributed by atoms with Crippen LogP contribution in [-0.4, -0.2) is 37.9 Å². The molecule has 0 saturated heterocycles. The third-order valence-electron chi connectivity index (χ3n) is 9.96. The van der Waals surface area contributed by atoms with Gasteiger partial charge in [0.1, 0.15) is 6.61 Å². The van der Waals surface area contributed by atoms with Crippen LogP contribution in [0.1, 0.15) is 201 Å². The SMILES string of the molecule is CC/C=C\C/C=C\C/C=C\C/C=C\C/C=C\CCCC(=O)OCC(COCCCCC/C=C\C/C=C\C/C=C\C/C=C\CC)OC(=O)CCCCCCC/C=C\CCCCCC. The van der Waals surface area contributed by atoms with E-state index in [1.807, 2.05) is 0 Å². The number of hydrogen-bond acceptors (Lipinski definition) is 5. The van der Waals surface area contributed by atoms with E-state index in [2.05, 4.69) is 142 Å². The summed E-state index contributed by atoms with van der Waals surface area (Å²) < 4.78 is 17.3. The smallest absolute Gasteiger partial charge is 0.306 e. The highest BCUT2D eigenvalue weighted by molar-refractivity contribution is 5.70. The molecule has 0 aromatic carbocycles. The Hall–Kier alpha value is -3.70. The van der Waals surface area contributed by atoms with Crippen LogP contribution in [-0.2, 0) is 23.8 Å². The van der Waals surface area contributed by atoms with Crippen molar-refractivity contribution in [1.29, 1.82) is 0 Å². The van der Waals surface area contributed by atoms with Crippen LogP contribution in [0.4, 0.5) is 0 Å². The summed E-state index contributed by atoms with van der Waals surface area (Å²) in [6.45, 7) is 7.42. The number of unbranched alkanes of at least 4 members (excludes halogenated alkanes) is 13. The van der Waals surface area contributed by atoms with E-state index in [-0.39, 0.29) is 25.2 Å². The third kappa shape index (κ3) is 49.0. The van der Waals surface area contributed by atoms with Crippen molar-refractivity contribution in [3.8, 4) is 0 Å². The summed E-state index contributed by atoms with van der Waals surface area (Å²) in [4.78, 5) is 25.3. The average Bonchev–Trinajstić information content (AvgIpc) is 3.27. The highest BCUT2D eigenvalue weighted by Gasteiger charge is 2.17. The van der Waals surface area contributed by atoms with Gasteiger partial charge in [0.15, 0.2) is 6.10 Å². The number of rotatable bonds is 44. The van der Waals surface area contributed by atoms with E-state index in [0.717, 1.165) is 122 Å². The fourth-order valence-electron chi connectivity index (χ4n) is 6.29. The van der Waals surface area contributed by atoms with Gasteiger partial charge in [-0.15, -0.1) is 0 Å². The first-order chi connectivity index (χ1) is 30.6. The second-order valence-corrected chi connectivity index (χ2v) is 15.9. The van der Waals surface area contributed by atoms with E-state index in [4.69, 9.17) is 14.2 Å². The number of carbonyl (C=O) groups excluding carboxylic acids is 2. The minimum atomic E-state index is -0.587. The fourth-order valence-corrected chi connectivity index (χ4v) is 6.29. The zero-order valence-corrected chi connectivity index (χ0v) is 40.1. The van der Waals surface area contributed by atoms with Gasteiger partial charge in [-0.05, 0) is 122 Å². The van der Waals surface area contributed by atoms with Gasteiger partial charge in [-0.1, -0.05) is 187 Å². The monoisotopic (exact) mass is 857 g/mol. The quantitative estimate of drug-likeness (QED) is 0.0347. The summed E-state index contributed by atoms with van der Waals surface area (Å²) >= 11 is 0. The Morgan fingerprint density at radius 1 is 0.371 bits per heavy atom. The molecule has 0 rings (SSSR count). The fraction of sp³-hybridized carbons (Fsp3) is 0.614. The minimum absolute atomic E-state index is 0.0319. The summed E-state index contributed by atoms with van der Waals surface area (Å²) in [5.41, 5.74) is 0. The Morgan fingerprint density at radius 2 is 0.742 bits per heavy atom. The highest BCUT2D eigenvalue weighted by atomic mass is 16.6. The molecule has 0 N–H and O–H groups in total. The predicted molar refractivity (Wildman–Crippen MR) is 269 cm³/mol. The number of carbonyl (C=O) groups is 2. The molecule has 0 aliphatic carbocycles. The zero-order chi connectivity index (χ0) is 44.9. The molecule has 0 aliphatic rings. The van der Waals surface area contributed by atoms with Gasteiger partial charge < -0.3 is 14.2 Å². The molecule has 0 amide bonds. The van der Waals surface area contributed by atoms with Crippen molar-refractivity contribution < 1.29 is 23.8 Å². The predicted octanol–water partition coefficient (Wildman–Crippen LogP) is 17.0. The van der Waals surface area contributed by atoms with Crippen molar-refractivity contribution in [1.82, 2.24) is 0 Å². The molecule has 5 nitrogen and oxygen atoms in total. The maximum atomic E-state index is 12.8. The normalized spacial score (nSPS) is 13.3. The van der Waals surface area contributed by atoms with Gasteiger partial charge in [0, 0.05) is 19.4 Å². The van der Waals surface area contributed by atoms with Gasteiger partial charge in [-0.3, -0.25) is 9.59 Å². The molecule has 0 heterocycles. The molecule has 0 radical (unpaired) electrons. The summed E-state index contributed by atoms with van der Waals surface area (Å²) in [7, 11) is 0. The second-order valence-electron chi connectivity index (χ2n) is 15.9. The highest BCUT2D eigenvalue weighted by Crippen LogP contribution is 2.11. The van der Waals surface area contributed by atoms with Crippen molar-refractivity contribution >= 4 is 11.9 Å². The number of ether oxygens (including phenoxy) is 3. The van der Waals surface area contributed by atoms with Gasteiger partial charge in [0.05, 0.1) is 6.61 Å². The standard InChI is InChI=1S/C57H92O5/c1-4-7-10-13-16-19-22-25-27-29-30-33-35-38-41-44-47-50-56(58)61-54-55(62-57(59)51-48-45-42-39-36-32-24-21-18-15-12-9-6-3)53-60-52-49-46-43-40-37-34-31-28-26-23-20-17-14-11-8-5-2/h7-8,10-11,16-17,19-21,24-28,30,33-34,37-38,41,55H,4-6,9,12-15,18,22-23,29,31-32,35-36,39-40,42-54H2,1-3H3/b10-7-,11-8-,19-16-,20-17-,24-21-,27-25-,28-26-,33-30-,37-34-,41-38-. The summed E-state index contributed by atoms with van der Waals surface area (Å²) in [6.07, 6.45) is 72.1. The third-order valence-corrected chi connectivity index (χ3v) is 9.96. The lowest BCUT2D eigenvalue weighted by atomic mass is 10.1. The van der Waals surface area contributed by atoms with Crippen LogP contribution in [0.15, 0.2) is 122 Å². The van der Waals surface area contributed by atoms with Crippen molar-refractivity contribution in [3.05, 3.63) is 122 Å². The minimum Gasteiger partial charge on any atom is -0.462 e. The molecule has 0 saturated carbocycles. The van der Waals surface area contributed by atoms with Crippen molar-refractivity contribution in [2.45, 2.75) is 207 Å². The molecular weight excluding hydrogens is 765 g/mol. The molecule has 1 atom stereocenters. The van der Waals surface area contributed by atoms with E-state index < -0.39 is 6.10 Å². The summed E-state index contributed by atoms with van der Waals surface area (Å²) in [5, 5.41) is 0. The van der Waals surface area contributed by atoms with E-state index in [1.165, 1.54) is 44.9 Å². The zero-order valence-electron chi connectivity index (χ0n) is 40.1. The van der Waals surface area contributed by atoms with E-state index in [9.17, 15) is 9.59 Å². The van der Waals surface area contributed by atoms with Gasteiger partial charge >= 0.3 is 11.9 Å². The number of hydrogen-bond donors (Lipinski definition) is 0. The maximum Gasteiger partial charge on any atom is 0.306 e. The Kier molecular flexibility index (Phi) is 48.6. The Balaban J connectivity index is 4.46. The first kappa shape index (κ1) is 58.3. The van der Waals surface area contributed by atoms with E-state index >= 15 is 0 Å². The van der Waals surface area contributed by atoms with Crippen LogP contribution >= 0.6 is 0 Å². The number of allylic oxidation sites excluding steroid dienone is 20. The van der Waals surface area contributed by atoms with Gasteiger partial charge in [0.2, 0.25) is 0 Å². The summed E-state index contributed by atoms with van der Waals surface area (Å²) in [6, 6.07) is 0. The largest absolute Gasteiger partial charge is 0.462 e.